The van der Waals surface area contributed by atoms with E-state index in [1.807, 2.05) is 0 Å². The Morgan fingerprint density at radius 2 is 1.89 bits per heavy atom. The van der Waals surface area contributed by atoms with E-state index in [-0.39, 0.29) is 0 Å². The number of rotatable bonds is 9. The molecule has 0 spiro atoms. The highest BCUT2D eigenvalue weighted by molar-refractivity contribution is 7.90. The van der Waals surface area contributed by atoms with Gasteiger partial charge in [0.15, 0.2) is 0 Å². The van der Waals surface area contributed by atoms with E-state index in [1.165, 1.54) is 38.4 Å². The molecule has 0 saturated heterocycles. The Balaban J connectivity index is 2.40. The van der Waals surface area contributed by atoms with Crippen LogP contribution in [0.1, 0.15) is 44.9 Å². The molecule has 0 bridgehead atoms. The Morgan fingerprint density at radius 3 is 2.47 bits per heavy atom. The van der Waals surface area contributed by atoms with Crippen LogP contribution in [0.5, 0.6) is 0 Å². The van der Waals surface area contributed by atoms with Gasteiger partial charge < -0.3 is 10.1 Å². The van der Waals surface area contributed by atoms with E-state index in [1.54, 1.807) is 7.11 Å². The molecule has 1 N–H and O–H groups in total. The lowest BCUT2D eigenvalue weighted by Gasteiger charge is -2.38. The molecule has 1 aliphatic carbocycles. The van der Waals surface area contributed by atoms with Gasteiger partial charge in [-0.2, -0.15) is 0 Å². The summed E-state index contributed by atoms with van der Waals surface area (Å²) in [6.07, 6.45) is 9.51. The molecule has 0 amide bonds. The number of sulfone groups is 1. The maximum Gasteiger partial charge on any atom is 0.147 e. The van der Waals surface area contributed by atoms with Crippen LogP contribution in [0.15, 0.2) is 0 Å². The highest BCUT2D eigenvalue weighted by atomic mass is 32.2. The van der Waals surface area contributed by atoms with Crippen molar-refractivity contribution >= 4 is 9.84 Å². The van der Waals surface area contributed by atoms with Gasteiger partial charge in [-0.1, -0.05) is 19.3 Å². The molecule has 0 radical (unpaired) electrons. The van der Waals surface area contributed by atoms with Gasteiger partial charge in [0.1, 0.15) is 9.84 Å². The highest BCUT2D eigenvalue weighted by Gasteiger charge is 2.31. The average molecular weight is 291 g/mol. The number of methoxy groups -OCH3 is 1. The monoisotopic (exact) mass is 291 g/mol. The molecule has 0 aliphatic heterocycles. The van der Waals surface area contributed by atoms with Gasteiger partial charge in [0.25, 0.3) is 0 Å². The van der Waals surface area contributed by atoms with E-state index in [2.05, 4.69) is 5.32 Å². The number of hydrogen-bond acceptors (Lipinski definition) is 4. The first-order chi connectivity index (χ1) is 8.97. The maximum atomic E-state index is 11.2. The summed E-state index contributed by atoms with van der Waals surface area (Å²) in [4.78, 5) is 0. The van der Waals surface area contributed by atoms with Gasteiger partial charge in [0, 0.05) is 32.2 Å². The molecular weight excluding hydrogens is 262 g/mol. The minimum atomic E-state index is -2.82. The molecule has 0 aromatic heterocycles. The SMILES string of the molecule is COCCNCC1(CCCS(C)(=O)=O)CCCCC1. The van der Waals surface area contributed by atoms with Crippen LogP contribution in [0.3, 0.4) is 0 Å². The van der Waals surface area contributed by atoms with E-state index in [0.29, 0.717) is 11.2 Å². The highest BCUT2D eigenvalue weighted by Crippen LogP contribution is 2.39. The predicted octanol–water partition coefficient (Wildman–Crippen LogP) is 2.00. The van der Waals surface area contributed by atoms with Crippen LogP contribution < -0.4 is 5.32 Å². The van der Waals surface area contributed by atoms with Gasteiger partial charge in [-0.15, -0.1) is 0 Å². The third-order valence-corrected chi connectivity index (χ3v) is 5.15. The lowest BCUT2D eigenvalue weighted by atomic mass is 9.71. The summed E-state index contributed by atoms with van der Waals surface area (Å²) in [6, 6.07) is 0. The molecule has 114 valence electrons. The summed E-state index contributed by atoms with van der Waals surface area (Å²) in [5, 5.41) is 3.47. The van der Waals surface area contributed by atoms with Gasteiger partial charge in [-0.25, -0.2) is 8.42 Å². The van der Waals surface area contributed by atoms with E-state index >= 15 is 0 Å². The molecule has 19 heavy (non-hydrogen) atoms. The van der Waals surface area contributed by atoms with Crippen molar-refractivity contribution in [2.75, 3.05) is 38.8 Å². The fraction of sp³-hybridized carbons (Fsp3) is 1.00. The maximum absolute atomic E-state index is 11.2. The summed E-state index contributed by atoms with van der Waals surface area (Å²) in [6.45, 7) is 2.61. The Hall–Kier alpha value is -0.130. The molecule has 0 unspecified atom stereocenters. The first-order valence-corrected chi connectivity index (χ1v) is 9.41. The van der Waals surface area contributed by atoms with E-state index in [9.17, 15) is 8.42 Å². The molecule has 4 nitrogen and oxygen atoms in total. The van der Waals surface area contributed by atoms with E-state index in [4.69, 9.17) is 4.74 Å². The quantitative estimate of drug-likeness (QED) is 0.660. The fourth-order valence-electron chi connectivity index (χ4n) is 3.05. The second-order valence-corrected chi connectivity index (χ2v) is 8.22. The Labute approximate surface area is 118 Å². The molecule has 0 aromatic rings. The van der Waals surface area contributed by atoms with Crippen molar-refractivity contribution in [1.82, 2.24) is 5.32 Å². The third kappa shape index (κ3) is 7.28. The predicted molar refractivity (Wildman–Crippen MR) is 79.2 cm³/mol. The number of ether oxygens (including phenoxy) is 1. The third-order valence-electron chi connectivity index (χ3n) is 4.12. The average Bonchev–Trinajstić information content (AvgIpc) is 2.34. The zero-order valence-corrected chi connectivity index (χ0v) is 13.2. The first-order valence-electron chi connectivity index (χ1n) is 7.35. The number of hydrogen-bond donors (Lipinski definition) is 1. The van der Waals surface area contributed by atoms with E-state index < -0.39 is 9.84 Å². The molecule has 0 aromatic carbocycles. The van der Waals surface area contributed by atoms with Crippen LogP contribution in [-0.2, 0) is 14.6 Å². The van der Waals surface area contributed by atoms with Crippen molar-refractivity contribution < 1.29 is 13.2 Å². The zero-order chi connectivity index (χ0) is 14.2. The van der Waals surface area contributed by atoms with Crippen LogP contribution in [0.2, 0.25) is 0 Å². The number of nitrogens with one attached hydrogen (secondary N) is 1. The van der Waals surface area contributed by atoms with Crippen LogP contribution in [-0.4, -0.2) is 47.2 Å². The molecule has 0 atom stereocenters. The summed E-state index contributed by atoms with van der Waals surface area (Å²) in [5.74, 6) is 0.326. The molecule has 1 saturated carbocycles. The molecule has 5 heteroatoms. The van der Waals surface area contributed by atoms with Gasteiger partial charge in [-0.05, 0) is 31.1 Å². The lowest BCUT2D eigenvalue weighted by Crippen LogP contribution is -2.37. The van der Waals surface area contributed by atoms with Crippen LogP contribution >= 0.6 is 0 Å². The zero-order valence-electron chi connectivity index (χ0n) is 12.4. The normalized spacial score (nSPS) is 19.5. The minimum absolute atomic E-state index is 0.316. The first kappa shape index (κ1) is 16.9. The lowest BCUT2D eigenvalue weighted by molar-refractivity contribution is 0.152. The topological polar surface area (TPSA) is 55.4 Å². The standard InChI is InChI=1S/C14H29NO3S/c1-18-11-10-15-13-14(7-4-3-5-8-14)9-6-12-19(2,16)17/h15H,3-13H2,1-2H3. The van der Waals surface area contributed by atoms with Crippen molar-refractivity contribution in [2.45, 2.75) is 44.9 Å². The largest absolute Gasteiger partial charge is 0.383 e. The Morgan fingerprint density at radius 1 is 1.21 bits per heavy atom. The van der Waals surface area contributed by atoms with Crippen molar-refractivity contribution in [3.8, 4) is 0 Å². The molecular formula is C14H29NO3S. The Bertz CT molecular complexity index is 335. The van der Waals surface area contributed by atoms with Crippen LogP contribution in [0.4, 0.5) is 0 Å². The van der Waals surface area contributed by atoms with Crippen molar-refractivity contribution in [3.63, 3.8) is 0 Å². The second kappa shape index (κ2) is 8.22. The van der Waals surface area contributed by atoms with Gasteiger partial charge in [-0.3, -0.25) is 0 Å². The summed E-state index contributed by atoms with van der Waals surface area (Å²) >= 11 is 0. The Kier molecular flexibility index (Phi) is 7.32. The van der Waals surface area contributed by atoms with Gasteiger partial charge in [0.05, 0.1) is 6.61 Å². The van der Waals surface area contributed by atoms with Crippen molar-refractivity contribution in [3.05, 3.63) is 0 Å². The van der Waals surface area contributed by atoms with Gasteiger partial charge in [0.2, 0.25) is 0 Å². The minimum Gasteiger partial charge on any atom is -0.383 e. The molecule has 1 fully saturated rings. The summed E-state index contributed by atoms with van der Waals surface area (Å²) in [5.41, 5.74) is 0.316. The fourth-order valence-corrected chi connectivity index (χ4v) is 3.72. The molecule has 1 rings (SSSR count). The van der Waals surface area contributed by atoms with Crippen molar-refractivity contribution in [1.29, 1.82) is 0 Å². The smallest absolute Gasteiger partial charge is 0.147 e. The summed E-state index contributed by atoms with van der Waals surface area (Å²) < 4.78 is 27.5. The van der Waals surface area contributed by atoms with Gasteiger partial charge >= 0.3 is 0 Å². The summed E-state index contributed by atoms with van der Waals surface area (Å²) in [7, 11) is -1.11. The van der Waals surface area contributed by atoms with E-state index in [0.717, 1.165) is 32.5 Å². The van der Waals surface area contributed by atoms with Crippen molar-refractivity contribution in [2.24, 2.45) is 5.41 Å². The molecule has 0 heterocycles. The molecule has 1 aliphatic rings. The van der Waals surface area contributed by atoms with Crippen LogP contribution in [0.25, 0.3) is 0 Å². The van der Waals surface area contributed by atoms with Crippen LogP contribution in [0, 0.1) is 5.41 Å². The second-order valence-electron chi connectivity index (χ2n) is 5.96.